The molecule has 0 radical (unpaired) electrons. The first-order valence-corrected chi connectivity index (χ1v) is 4.94. The highest BCUT2D eigenvalue weighted by Gasteiger charge is 2.14. The Balaban J connectivity index is 1.97. The maximum atomic E-state index is 5.64. The van der Waals surface area contributed by atoms with Crippen molar-refractivity contribution in [1.29, 1.82) is 0 Å². The van der Waals surface area contributed by atoms with Crippen molar-refractivity contribution in [3.05, 3.63) is 23.0 Å². The van der Waals surface area contributed by atoms with Crippen molar-refractivity contribution in [1.82, 2.24) is 15.5 Å². The smallest absolute Gasteiger partial charge is 0.151 e. The molecule has 0 aliphatic carbocycles. The highest BCUT2D eigenvalue weighted by Crippen LogP contribution is 2.10. The van der Waals surface area contributed by atoms with Gasteiger partial charge in [0.05, 0.1) is 5.69 Å². The Morgan fingerprint density at radius 3 is 3.00 bits per heavy atom. The van der Waals surface area contributed by atoms with Crippen LogP contribution in [0.5, 0.6) is 0 Å². The van der Waals surface area contributed by atoms with E-state index in [2.05, 4.69) is 15.5 Å². The summed E-state index contributed by atoms with van der Waals surface area (Å²) in [5.74, 6) is 0. The van der Waals surface area contributed by atoms with Crippen LogP contribution in [0.25, 0.3) is 0 Å². The number of aromatic nitrogens is 2. The summed E-state index contributed by atoms with van der Waals surface area (Å²) in [5.41, 5.74) is 1.02. The third kappa shape index (κ3) is 2.39. The molecule has 1 aromatic heterocycles. The van der Waals surface area contributed by atoms with Gasteiger partial charge in [0.15, 0.2) is 5.15 Å². The second kappa shape index (κ2) is 4.03. The lowest BCUT2D eigenvalue weighted by molar-refractivity contribution is 0.590. The Morgan fingerprint density at radius 2 is 2.38 bits per heavy atom. The van der Waals surface area contributed by atoms with Crippen LogP contribution in [0.2, 0.25) is 5.15 Å². The van der Waals surface area contributed by atoms with Gasteiger partial charge in [0.2, 0.25) is 0 Å². The van der Waals surface area contributed by atoms with E-state index in [0.29, 0.717) is 11.2 Å². The zero-order valence-corrected chi connectivity index (χ0v) is 8.09. The Bertz CT molecular complexity index is 267. The molecule has 1 aliphatic heterocycles. The first-order valence-electron chi connectivity index (χ1n) is 4.56. The molecule has 1 N–H and O–H groups in total. The predicted molar refractivity (Wildman–Crippen MR) is 51.8 cm³/mol. The Kier molecular flexibility index (Phi) is 2.76. The molecular formula is C9H12ClN3. The molecule has 1 saturated heterocycles. The van der Waals surface area contributed by atoms with Gasteiger partial charge in [-0.25, -0.2) is 0 Å². The quantitative estimate of drug-likeness (QED) is 0.780. The molecule has 70 valence electrons. The lowest BCUT2D eigenvalue weighted by Gasteiger charge is -2.07. The fourth-order valence-corrected chi connectivity index (χ4v) is 1.74. The van der Waals surface area contributed by atoms with E-state index in [-0.39, 0.29) is 0 Å². The van der Waals surface area contributed by atoms with Gasteiger partial charge in [0.25, 0.3) is 0 Å². The first kappa shape index (κ1) is 8.91. The monoisotopic (exact) mass is 197 g/mol. The van der Waals surface area contributed by atoms with Crippen molar-refractivity contribution in [3.8, 4) is 0 Å². The molecule has 1 aromatic rings. The Hall–Kier alpha value is -0.670. The molecule has 2 heterocycles. The third-order valence-electron chi connectivity index (χ3n) is 2.31. The number of nitrogens with one attached hydrogen (secondary N) is 1. The standard InChI is InChI=1S/C9H12ClN3/c10-9-4-3-8(12-13-9)6-7-2-1-5-11-7/h3-4,7,11H,1-2,5-6H2. The summed E-state index contributed by atoms with van der Waals surface area (Å²) < 4.78 is 0. The number of rotatable bonds is 2. The average molecular weight is 198 g/mol. The van der Waals surface area contributed by atoms with Crippen molar-refractivity contribution in [2.75, 3.05) is 6.54 Å². The van der Waals surface area contributed by atoms with Gasteiger partial charge in [-0.2, -0.15) is 5.10 Å². The minimum absolute atomic E-state index is 0.461. The average Bonchev–Trinajstić information content (AvgIpc) is 2.62. The number of halogens is 1. The molecule has 0 saturated carbocycles. The second-order valence-corrected chi connectivity index (χ2v) is 3.73. The topological polar surface area (TPSA) is 37.8 Å². The summed E-state index contributed by atoms with van der Waals surface area (Å²) in [5, 5.41) is 11.7. The van der Waals surface area contributed by atoms with E-state index < -0.39 is 0 Å². The van der Waals surface area contributed by atoms with E-state index >= 15 is 0 Å². The van der Waals surface area contributed by atoms with E-state index in [1.165, 1.54) is 12.8 Å². The van der Waals surface area contributed by atoms with E-state index in [1.807, 2.05) is 6.07 Å². The zero-order valence-electron chi connectivity index (χ0n) is 7.33. The van der Waals surface area contributed by atoms with Crippen LogP contribution in [-0.4, -0.2) is 22.8 Å². The number of hydrogen-bond donors (Lipinski definition) is 1. The Morgan fingerprint density at radius 1 is 1.46 bits per heavy atom. The highest BCUT2D eigenvalue weighted by molar-refractivity contribution is 6.29. The molecular weight excluding hydrogens is 186 g/mol. The Labute approximate surface area is 82.5 Å². The molecule has 2 rings (SSSR count). The van der Waals surface area contributed by atoms with Gasteiger partial charge >= 0.3 is 0 Å². The molecule has 0 bridgehead atoms. The summed E-state index contributed by atoms with van der Waals surface area (Å²) in [4.78, 5) is 0. The van der Waals surface area contributed by atoms with Gasteiger partial charge in [-0.15, -0.1) is 5.10 Å². The van der Waals surface area contributed by atoms with Crippen LogP contribution in [0.1, 0.15) is 18.5 Å². The molecule has 4 heteroatoms. The van der Waals surface area contributed by atoms with Gasteiger partial charge in [0.1, 0.15) is 0 Å². The number of hydrogen-bond acceptors (Lipinski definition) is 3. The van der Waals surface area contributed by atoms with Crippen LogP contribution in [0.4, 0.5) is 0 Å². The maximum absolute atomic E-state index is 5.64. The van der Waals surface area contributed by atoms with Gasteiger partial charge < -0.3 is 5.32 Å². The van der Waals surface area contributed by atoms with Gasteiger partial charge in [-0.3, -0.25) is 0 Å². The highest BCUT2D eigenvalue weighted by atomic mass is 35.5. The van der Waals surface area contributed by atoms with Crippen LogP contribution in [-0.2, 0) is 6.42 Å². The van der Waals surface area contributed by atoms with Crippen molar-refractivity contribution < 1.29 is 0 Å². The third-order valence-corrected chi connectivity index (χ3v) is 2.51. The normalized spacial score (nSPS) is 22.1. The maximum Gasteiger partial charge on any atom is 0.151 e. The van der Waals surface area contributed by atoms with Crippen LogP contribution < -0.4 is 5.32 Å². The fourth-order valence-electron chi connectivity index (χ4n) is 1.64. The van der Waals surface area contributed by atoms with Crippen LogP contribution in [0, 0.1) is 0 Å². The van der Waals surface area contributed by atoms with Gasteiger partial charge in [-0.05, 0) is 31.5 Å². The lowest BCUT2D eigenvalue weighted by atomic mass is 10.1. The van der Waals surface area contributed by atoms with Gasteiger partial charge in [0, 0.05) is 12.5 Å². The van der Waals surface area contributed by atoms with Crippen LogP contribution >= 0.6 is 11.6 Å². The second-order valence-electron chi connectivity index (χ2n) is 3.34. The molecule has 1 atom stereocenters. The van der Waals surface area contributed by atoms with E-state index in [4.69, 9.17) is 11.6 Å². The summed E-state index contributed by atoms with van der Waals surface area (Å²) in [6, 6.07) is 4.31. The molecule has 13 heavy (non-hydrogen) atoms. The minimum Gasteiger partial charge on any atom is -0.314 e. The van der Waals surface area contributed by atoms with Crippen molar-refractivity contribution in [2.45, 2.75) is 25.3 Å². The van der Waals surface area contributed by atoms with Crippen molar-refractivity contribution in [2.24, 2.45) is 0 Å². The van der Waals surface area contributed by atoms with E-state index in [0.717, 1.165) is 18.7 Å². The predicted octanol–water partition coefficient (Wildman–Crippen LogP) is 1.42. The van der Waals surface area contributed by atoms with E-state index in [1.54, 1.807) is 6.07 Å². The summed E-state index contributed by atoms with van der Waals surface area (Å²) in [6.07, 6.45) is 3.47. The van der Waals surface area contributed by atoms with Crippen LogP contribution in [0.15, 0.2) is 12.1 Å². The molecule has 0 aromatic carbocycles. The summed E-state index contributed by atoms with van der Waals surface area (Å²) in [6.45, 7) is 1.13. The zero-order chi connectivity index (χ0) is 9.10. The number of nitrogens with zero attached hydrogens (tertiary/aromatic N) is 2. The van der Waals surface area contributed by atoms with Crippen molar-refractivity contribution in [3.63, 3.8) is 0 Å². The first-order chi connectivity index (χ1) is 6.34. The summed E-state index contributed by atoms with van der Waals surface area (Å²) in [7, 11) is 0. The minimum atomic E-state index is 0.461. The molecule has 1 aliphatic rings. The molecule has 1 fully saturated rings. The van der Waals surface area contributed by atoms with Crippen molar-refractivity contribution >= 4 is 11.6 Å². The fraction of sp³-hybridized carbons (Fsp3) is 0.556. The molecule has 3 nitrogen and oxygen atoms in total. The van der Waals surface area contributed by atoms with E-state index in [9.17, 15) is 0 Å². The SMILES string of the molecule is Clc1ccc(CC2CCCN2)nn1. The van der Waals surface area contributed by atoms with Gasteiger partial charge in [-0.1, -0.05) is 11.6 Å². The van der Waals surface area contributed by atoms with Crippen LogP contribution in [0.3, 0.4) is 0 Å². The largest absolute Gasteiger partial charge is 0.314 e. The molecule has 0 spiro atoms. The lowest BCUT2D eigenvalue weighted by Crippen LogP contribution is -2.24. The summed E-state index contributed by atoms with van der Waals surface area (Å²) >= 11 is 5.64. The molecule has 0 amide bonds. The molecule has 1 unspecified atom stereocenters.